The van der Waals surface area contributed by atoms with Gasteiger partial charge >= 0.3 is 6.03 Å². The highest BCUT2D eigenvalue weighted by Crippen LogP contribution is 2.13. The Labute approximate surface area is 88.9 Å². The Balaban J connectivity index is 2.65. The smallest absolute Gasteiger partial charge is 0.320 e. The fraction of sp³-hybridized carbons (Fsp3) is 0.273. The van der Waals surface area contributed by atoms with Gasteiger partial charge in [-0.15, -0.1) is 0 Å². The maximum atomic E-state index is 11.2. The summed E-state index contributed by atoms with van der Waals surface area (Å²) in [6.07, 6.45) is 0. The zero-order valence-corrected chi connectivity index (χ0v) is 8.79. The molecule has 1 rings (SSSR count). The molecule has 0 aliphatic carbocycles. The van der Waals surface area contributed by atoms with Crippen LogP contribution >= 0.6 is 0 Å². The monoisotopic (exact) mass is 203 g/mol. The predicted molar refractivity (Wildman–Crippen MR) is 58.6 cm³/mol. The quantitative estimate of drug-likeness (QED) is 0.721. The lowest BCUT2D eigenvalue weighted by Gasteiger charge is -2.07. The molecule has 0 saturated carbocycles. The Kier molecular flexibility index (Phi) is 3.69. The predicted octanol–water partition coefficient (Wildman–Crippen LogP) is 1.95. The first kappa shape index (κ1) is 11.1. The molecule has 0 bridgehead atoms. The van der Waals surface area contributed by atoms with Gasteiger partial charge in [-0.3, -0.25) is 0 Å². The third-order valence-electron chi connectivity index (χ3n) is 1.81. The zero-order chi connectivity index (χ0) is 11.3. The summed E-state index contributed by atoms with van der Waals surface area (Å²) in [4.78, 5) is 11.2. The summed E-state index contributed by atoms with van der Waals surface area (Å²) in [7, 11) is 0. The highest BCUT2D eigenvalue weighted by Gasteiger charge is 2.01. The summed E-state index contributed by atoms with van der Waals surface area (Å²) >= 11 is 0. The van der Waals surface area contributed by atoms with Crippen molar-refractivity contribution in [3.63, 3.8) is 0 Å². The first-order valence-corrected chi connectivity index (χ1v) is 4.62. The van der Waals surface area contributed by atoms with E-state index in [0.29, 0.717) is 0 Å². The largest absolute Gasteiger partial charge is 0.325 e. The zero-order valence-electron chi connectivity index (χ0n) is 8.79. The lowest BCUT2D eigenvalue weighted by Crippen LogP contribution is -2.28. The molecule has 0 fully saturated rings. The van der Waals surface area contributed by atoms with Crippen molar-refractivity contribution in [1.29, 1.82) is 5.26 Å². The Hall–Kier alpha value is -2.02. The van der Waals surface area contributed by atoms with Crippen LogP contribution in [0.1, 0.15) is 11.1 Å². The molecule has 0 aliphatic rings. The minimum absolute atomic E-state index is 0.0105. The summed E-state index contributed by atoms with van der Waals surface area (Å²) in [6.45, 7) is 3.94. The van der Waals surface area contributed by atoms with Crippen LogP contribution in [0.4, 0.5) is 10.5 Å². The lowest BCUT2D eigenvalue weighted by molar-refractivity contribution is 0.253. The molecule has 2 amide bonds. The standard InChI is InChI=1S/C11H13N3O/c1-8-5-9(2)7-10(6-8)14-11(15)13-4-3-12/h5-7H,4H2,1-2H3,(H2,13,14,15). The molecule has 0 atom stereocenters. The van der Waals surface area contributed by atoms with E-state index in [2.05, 4.69) is 10.6 Å². The highest BCUT2D eigenvalue weighted by molar-refractivity contribution is 5.89. The van der Waals surface area contributed by atoms with Gasteiger partial charge in [0.25, 0.3) is 0 Å². The van der Waals surface area contributed by atoms with Crippen molar-refractivity contribution in [2.24, 2.45) is 0 Å². The van der Waals surface area contributed by atoms with Crippen LogP contribution in [0.2, 0.25) is 0 Å². The number of anilines is 1. The number of carbonyl (C=O) groups excluding carboxylic acids is 1. The highest BCUT2D eigenvalue weighted by atomic mass is 16.2. The fourth-order valence-corrected chi connectivity index (χ4v) is 1.34. The molecule has 0 radical (unpaired) electrons. The lowest BCUT2D eigenvalue weighted by atomic mass is 10.1. The van der Waals surface area contributed by atoms with Crippen LogP contribution in [0.25, 0.3) is 0 Å². The summed E-state index contributed by atoms with van der Waals surface area (Å²) < 4.78 is 0. The minimum atomic E-state index is -0.360. The van der Waals surface area contributed by atoms with Crippen LogP contribution in [0.15, 0.2) is 18.2 Å². The molecule has 4 heteroatoms. The average Bonchev–Trinajstić information content (AvgIpc) is 2.13. The van der Waals surface area contributed by atoms with Gasteiger partial charge in [0.15, 0.2) is 0 Å². The molecule has 0 spiro atoms. The Morgan fingerprint density at radius 3 is 2.47 bits per heavy atom. The van der Waals surface area contributed by atoms with Crippen LogP contribution in [0.5, 0.6) is 0 Å². The van der Waals surface area contributed by atoms with Crippen molar-refractivity contribution in [2.75, 3.05) is 11.9 Å². The van der Waals surface area contributed by atoms with Crippen molar-refractivity contribution in [3.05, 3.63) is 29.3 Å². The number of benzene rings is 1. The van der Waals surface area contributed by atoms with E-state index in [0.717, 1.165) is 16.8 Å². The van der Waals surface area contributed by atoms with Crippen molar-refractivity contribution >= 4 is 11.7 Å². The molecule has 0 aliphatic heterocycles. The van der Waals surface area contributed by atoms with E-state index in [9.17, 15) is 4.79 Å². The molecular formula is C11H13N3O. The molecule has 0 heterocycles. The Bertz CT molecular complexity index is 387. The van der Waals surface area contributed by atoms with E-state index < -0.39 is 0 Å². The molecule has 4 nitrogen and oxygen atoms in total. The number of urea groups is 1. The number of rotatable bonds is 2. The second-order valence-corrected chi connectivity index (χ2v) is 3.34. The fourth-order valence-electron chi connectivity index (χ4n) is 1.34. The number of nitriles is 1. The van der Waals surface area contributed by atoms with E-state index in [-0.39, 0.29) is 12.6 Å². The molecule has 2 N–H and O–H groups in total. The first-order chi connectivity index (χ1) is 7.11. The van der Waals surface area contributed by atoms with Crippen LogP contribution in [-0.2, 0) is 0 Å². The van der Waals surface area contributed by atoms with Crippen molar-refractivity contribution in [1.82, 2.24) is 5.32 Å². The van der Waals surface area contributed by atoms with Crippen molar-refractivity contribution < 1.29 is 4.79 Å². The molecule has 15 heavy (non-hydrogen) atoms. The molecule has 1 aromatic carbocycles. The van der Waals surface area contributed by atoms with Crippen LogP contribution in [0.3, 0.4) is 0 Å². The summed E-state index contributed by atoms with van der Waals surface area (Å²) in [5.41, 5.74) is 2.92. The van der Waals surface area contributed by atoms with E-state index >= 15 is 0 Å². The van der Waals surface area contributed by atoms with Crippen LogP contribution < -0.4 is 10.6 Å². The van der Waals surface area contributed by atoms with E-state index in [1.165, 1.54) is 0 Å². The number of nitrogens with zero attached hydrogens (tertiary/aromatic N) is 1. The van der Waals surface area contributed by atoms with E-state index in [1.807, 2.05) is 38.1 Å². The summed E-state index contributed by atoms with van der Waals surface area (Å²) in [6, 6.07) is 7.25. The maximum absolute atomic E-state index is 11.2. The van der Waals surface area contributed by atoms with Gasteiger partial charge < -0.3 is 10.6 Å². The van der Waals surface area contributed by atoms with E-state index in [4.69, 9.17) is 5.26 Å². The SMILES string of the molecule is Cc1cc(C)cc(NC(=O)NCC#N)c1. The summed E-state index contributed by atoms with van der Waals surface area (Å²) in [5, 5.41) is 13.3. The number of carbonyl (C=O) groups is 1. The van der Waals surface area contributed by atoms with Gasteiger partial charge in [-0.2, -0.15) is 5.26 Å². The second kappa shape index (κ2) is 5.01. The summed E-state index contributed by atoms with van der Waals surface area (Å²) in [5.74, 6) is 0. The number of hydrogen-bond acceptors (Lipinski definition) is 2. The molecule has 0 aromatic heterocycles. The topological polar surface area (TPSA) is 64.9 Å². The Morgan fingerprint density at radius 2 is 1.93 bits per heavy atom. The normalized spacial score (nSPS) is 9.13. The van der Waals surface area contributed by atoms with Gasteiger partial charge in [0.05, 0.1) is 6.07 Å². The number of aryl methyl sites for hydroxylation is 2. The third kappa shape index (κ3) is 3.69. The average molecular weight is 203 g/mol. The Morgan fingerprint density at radius 1 is 1.33 bits per heavy atom. The van der Waals surface area contributed by atoms with Crippen LogP contribution in [0, 0.1) is 25.2 Å². The molecule has 0 saturated heterocycles. The minimum Gasteiger partial charge on any atom is -0.325 e. The van der Waals surface area contributed by atoms with Gasteiger partial charge in [0.2, 0.25) is 0 Å². The van der Waals surface area contributed by atoms with Crippen molar-refractivity contribution in [3.8, 4) is 6.07 Å². The van der Waals surface area contributed by atoms with Gasteiger partial charge in [-0.05, 0) is 37.1 Å². The van der Waals surface area contributed by atoms with Gasteiger partial charge in [0.1, 0.15) is 6.54 Å². The van der Waals surface area contributed by atoms with Gasteiger partial charge in [0, 0.05) is 5.69 Å². The van der Waals surface area contributed by atoms with Gasteiger partial charge in [-0.25, -0.2) is 4.79 Å². The molecule has 0 unspecified atom stereocenters. The number of amides is 2. The number of nitrogens with one attached hydrogen (secondary N) is 2. The van der Waals surface area contributed by atoms with Gasteiger partial charge in [-0.1, -0.05) is 6.07 Å². The number of hydrogen-bond donors (Lipinski definition) is 2. The van der Waals surface area contributed by atoms with Crippen molar-refractivity contribution in [2.45, 2.75) is 13.8 Å². The molecular weight excluding hydrogens is 190 g/mol. The van der Waals surface area contributed by atoms with Crippen LogP contribution in [-0.4, -0.2) is 12.6 Å². The molecule has 1 aromatic rings. The molecule has 78 valence electrons. The van der Waals surface area contributed by atoms with E-state index in [1.54, 1.807) is 0 Å². The first-order valence-electron chi connectivity index (χ1n) is 4.62. The second-order valence-electron chi connectivity index (χ2n) is 3.34. The third-order valence-corrected chi connectivity index (χ3v) is 1.81. The maximum Gasteiger partial charge on any atom is 0.320 e.